The highest BCUT2D eigenvalue weighted by atomic mass is 19.4. The van der Waals surface area contributed by atoms with Crippen molar-refractivity contribution in [2.45, 2.75) is 56.7 Å². The van der Waals surface area contributed by atoms with E-state index < -0.39 is 24.6 Å². The van der Waals surface area contributed by atoms with Gasteiger partial charge in [-0.25, -0.2) is 0 Å². The normalized spacial score (nSPS) is 20.6. The molecular formula is C18H22F3NO2. The minimum absolute atomic E-state index is 0.0558. The van der Waals surface area contributed by atoms with Crippen LogP contribution >= 0.6 is 0 Å². The van der Waals surface area contributed by atoms with E-state index in [1.54, 1.807) is 0 Å². The molecule has 1 saturated heterocycles. The van der Waals surface area contributed by atoms with E-state index in [2.05, 4.69) is 12.1 Å². The number of rotatable bonds is 2. The van der Waals surface area contributed by atoms with Gasteiger partial charge in [0, 0.05) is 25.9 Å². The summed E-state index contributed by atoms with van der Waals surface area (Å²) in [5.74, 6) is -0.171. The minimum Gasteiger partial charge on any atom is -0.380 e. The number of amides is 1. The first kappa shape index (κ1) is 17.3. The number of fused-ring (bicyclic) bond motifs is 1. The quantitative estimate of drug-likeness (QED) is 0.898. The first-order chi connectivity index (χ1) is 11.3. The van der Waals surface area contributed by atoms with Gasteiger partial charge in [0.25, 0.3) is 0 Å². The Labute approximate surface area is 139 Å². The predicted molar refractivity (Wildman–Crippen MR) is 83.6 cm³/mol. The third-order valence-corrected chi connectivity index (χ3v) is 5.24. The summed E-state index contributed by atoms with van der Waals surface area (Å²) in [6, 6.07) is 6.07. The summed E-state index contributed by atoms with van der Waals surface area (Å²) < 4.78 is 38.4. The maximum absolute atomic E-state index is 12.8. The van der Waals surface area contributed by atoms with Gasteiger partial charge in [-0.3, -0.25) is 4.79 Å². The number of alkyl halides is 3. The van der Waals surface area contributed by atoms with Gasteiger partial charge in [-0.1, -0.05) is 18.2 Å². The van der Waals surface area contributed by atoms with E-state index in [0.717, 1.165) is 24.8 Å². The molecule has 3 nitrogen and oxygen atoms in total. The Morgan fingerprint density at radius 1 is 1.12 bits per heavy atom. The standard InChI is InChI=1S/C18H22F3NO2/c19-18(20,21)17(24)7-9-22(10-8-17)16(23)12-13-5-6-14-3-1-2-4-15(14)11-13/h5-6,11,24H,1-4,7-10,12H2. The Bertz CT molecular complexity index is 619. The van der Waals surface area contributed by atoms with Gasteiger partial charge in [0.2, 0.25) is 5.91 Å². The number of hydrogen-bond acceptors (Lipinski definition) is 2. The molecule has 24 heavy (non-hydrogen) atoms. The molecule has 0 atom stereocenters. The average Bonchev–Trinajstić information content (AvgIpc) is 2.54. The van der Waals surface area contributed by atoms with Gasteiger partial charge in [0.05, 0.1) is 6.42 Å². The van der Waals surface area contributed by atoms with Crippen molar-refractivity contribution in [3.63, 3.8) is 0 Å². The summed E-state index contributed by atoms with van der Waals surface area (Å²) in [6.45, 7) is -0.112. The molecule has 0 spiro atoms. The smallest absolute Gasteiger partial charge is 0.380 e. The first-order valence-corrected chi connectivity index (χ1v) is 8.46. The molecule has 1 N–H and O–H groups in total. The molecule has 1 amide bonds. The van der Waals surface area contributed by atoms with Crippen LogP contribution in [0.1, 0.15) is 42.4 Å². The lowest BCUT2D eigenvalue weighted by Gasteiger charge is -2.39. The molecule has 6 heteroatoms. The number of carbonyl (C=O) groups is 1. The average molecular weight is 341 g/mol. The largest absolute Gasteiger partial charge is 0.417 e. The highest BCUT2D eigenvalue weighted by Gasteiger charge is 2.54. The second-order valence-corrected chi connectivity index (χ2v) is 6.90. The van der Waals surface area contributed by atoms with E-state index >= 15 is 0 Å². The van der Waals surface area contributed by atoms with Gasteiger partial charge in [0.1, 0.15) is 0 Å². The number of likely N-dealkylation sites (tertiary alicyclic amines) is 1. The van der Waals surface area contributed by atoms with Crippen molar-refractivity contribution >= 4 is 5.91 Å². The third kappa shape index (κ3) is 3.43. The van der Waals surface area contributed by atoms with Gasteiger partial charge in [-0.05, 0) is 42.4 Å². The van der Waals surface area contributed by atoms with Gasteiger partial charge >= 0.3 is 6.18 Å². The number of halogens is 3. The number of hydrogen-bond donors (Lipinski definition) is 1. The molecule has 1 aromatic rings. The predicted octanol–water partition coefficient (Wildman–Crippen LogP) is 3.02. The Morgan fingerprint density at radius 2 is 1.75 bits per heavy atom. The van der Waals surface area contributed by atoms with Crippen LogP contribution < -0.4 is 0 Å². The van der Waals surface area contributed by atoms with E-state index in [-0.39, 0.29) is 25.4 Å². The number of benzene rings is 1. The highest BCUT2D eigenvalue weighted by Crippen LogP contribution is 2.38. The molecule has 0 unspecified atom stereocenters. The zero-order valence-electron chi connectivity index (χ0n) is 13.5. The van der Waals surface area contributed by atoms with Crippen LogP contribution in [-0.2, 0) is 24.1 Å². The zero-order chi connectivity index (χ0) is 17.4. The lowest BCUT2D eigenvalue weighted by atomic mass is 9.89. The van der Waals surface area contributed by atoms with E-state index in [4.69, 9.17) is 0 Å². The number of piperidine rings is 1. The molecule has 1 fully saturated rings. The topological polar surface area (TPSA) is 40.5 Å². The first-order valence-electron chi connectivity index (χ1n) is 8.46. The number of nitrogens with zero attached hydrogens (tertiary/aromatic N) is 1. The van der Waals surface area contributed by atoms with E-state index in [1.807, 2.05) is 6.07 Å². The Kier molecular flexibility index (Phi) is 4.60. The lowest BCUT2D eigenvalue weighted by molar-refractivity contribution is -0.272. The summed E-state index contributed by atoms with van der Waals surface area (Å²) in [6.07, 6.45) is -0.879. The molecule has 1 aromatic carbocycles. The van der Waals surface area contributed by atoms with Crippen LogP contribution in [0.5, 0.6) is 0 Å². The van der Waals surface area contributed by atoms with E-state index in [1.165, 1.54) is 22.4 Å². The summed E-state index contributed by atoms with van der Waals surface area (Å²) >= 11 is 0. The molecule has 1 aliphatic carbocycles. The Hall–Kier alpha value is -1.56. The van der Waals surface area contributed by atoms with E-state index in [9.17, 15) is 23.1 Å². The SMILES string of the molecule is O=C(Cc1ccc2c(c1)CCCC2)N1CCC(O)(C(F)(F)F)CC1. The number of carbonyl (C=O) groups excluding carboxylic acids is 1. The second kappa shape index (κ2) is 6.39. The van der Waals surface area contributed by atoms with Crippen molar-refractivity contribution in [2.24, 2.45) is 0 Å². The van der Waals surface area contributed by atoms with Crippen molar-refractivity contribution in [3.8, 4) is 0 Å². The Morgan fingerprint density at radius 3 is 2.38 bits per heavy atom. The summed E-state index contributed by atoms with van der Waals surface area (Å²) in [5, 5.41) is 9.67. The van der Waals surface area contributed by atoms with Gasteiger partial charge < -0.3 is 10.0 Å². The third-order valence-electron chi connectivity index (χ3n) is 5.24. The van der Waals surface area contributed by atoms with Gasteiger partial charge in [-0.2, -0.15) is 13.2 Å². The minimum atomic E-state index is -4.64. The molecule has 1 aliphatic heterocycles. The summed E-state index contributed by atoms with van der Waals surface area (Å²) in [5.41, 5.74) is 0.884. The zero-order valence-corrected chi connectivity index (χ0v) is 13.5. The molecule has 1 heterocycles. The van der Waals surface area contributed by atoms with Crippen LogP contribution in [0.4, 0.5) is 13.2 Å². The van der Waals surface area contributed by atoms with Crippen LogP contribution in [0.3, 0.4) is 0 Å². The Balaban J connectivity index is 1.60. The maximum Gasteiger partial charge on any atom is 0.417 e. The van der Waals surface area contributed by atoms with Crippen LogP contribution in [0, 0.1) is 0 Å². The molecule has 0 saturated carbocycles. The van der Waals surface area contributed by atoms with Gasteiger partial charge in [-0.15, -0.1) is 0 Å². The second-order valence-electron chi connectivity index (χ2n) is 6.90. The van der Waals surface area contributed by atoms with Gasteiger partial charge in [0.15, 0.2) is 5.60 Å². The number of aliphatic hydroxyl groups is 1. The fourth-order valence-corrected chi connectivity index (χ4v) is 3.59. The molecular weight excluding hydrogens is 319 g/mol. The molecule has 0 aromatic heterocycles. The highest BCUT2D eigenvalue weighted by molar-refractivity contribution is 5.79. The van der Waals surface area contributed by atoms with Crippen molar-refractivity contribution in [3.05, 3.63) is 34.9 Å². The van der Waals surface area contributed by atoms with E-state index in [0.29, 0.717) is 0 Å². The number of aryl methyl sites for hydroxylation is 2. The molecule has 3 rings (SSSR count). The molecule has 0 bridgehead atoms. The molecule has 0 radical (unpaired) electrons. The lowest BCUT2D eigenvalue weighted by Crippen LogP contribution is -2.54. The van der Waals surface area contributed by atoms with Crippen LogP contribution in [-0.4, -0.2) is 40.8 Å². The summed E-state index contributed by atoms with van der Waals surface area (Å²) in [4.78, 5) is 13.8. The van der Waals surface area contributed by atoms with Crippen molar-refractivity contribution in [1.82, 2.24) is 4.90 Å². The van der Waals surface area contributed by atoms with Crippen LogP contribution in [0.2, 0.25) is 0 Å². The molecule has 132 valence electrons. The van der Waals surface area contributed by atoms with Crippen molar-refractivity contribution in [2.75, 3.05) is 13.1 Å². The fraction of sp³-hybridized carbons (Fsp3) is 0.611. The maximum atomic E-state index is 12.8. The van der Waals surface area contributed by atoms with Crippen molar-refractivity contribution in [1.29, 1.82) is 0 Å². The van der Waals surface area contributed by atoms with Crippen molar-refractivity contribution < 1.29 is 23.1 Å². The molecule has 2 aliphatic rings. The summed E-state index contributed by atoms with van der Waals surface area (Å²) in [7, 11) is 0. The van der Waals surface area contributed by atoms with Crippen LogP contribution in [0.15, 0.2) is 18.2 Å². The monoisotopic (exact) mass is 341 g/mol. The fourth-order valence-electron chi connectivity index (χ4n) is 3.59. The van der Waals surface area contributed by atoms with Crippen LogP contribution in [0.25, 0.3) is 0 Å².